The summed E-state index contributed by atoms with van der Waals surface area (Å²) in [6.07, 6.45) is 0.857. The number of imidazole rings is 1. The summed E-state index contributed by atoms with van der Waals surface area (Å²) in [7, 11) is 1.42. The number of nitrogens with one attached hydrogen (secondary N) is 1. The van der Waals surface area contributed by atoms with E-state index in [0.717, 1.165) is 11.0 Å². The second-order valence-corrected chi connectivity index (χ2v) is 6.75. The Morgan fingerprint density at radius 3 is 2.69 bits per heavy atom. The Labute approximate surface area is 148 Å². The number of fused-ring (bicyclic) bond motifs is 2. The molecule has 0 spiro atoms. The minimum absolute atomic E-state index is 0.202. The summed E-state index contributed by atoms with van der Waals surface area (Å²) in [4.78, 5) is 36.2. The SMILES string of the molecule is CC(C)CCn1c(-c2nc3ccccc3o2)nc2c(=O)n(C)c(=O)[nH]c21. The third kappa shape index (κ3) is 2.54. The van der Waals surface area contributed by atoms with E-state index in [0.29, 0.717) is 40.9 Å². The molecule has 0 aliphatic heterocycles. The average Bonchev–Trinajstić information content (AvgIpc) is 3.19. The summed E-state index contributed by atoms with van der Waals surface area (Å²) in [5.74, 6) is 1.21. The Morgan fingerprint density at radius 1 is 1.19 bits per heavy atom. The van der Waals surface area contributed by atoms with Crippen molar-refractivity contribution in [2.45, 2.75) is 26.8 Å². The van der Waals surface area contributed by atoms with Crippen LogP contribution in [-0.2, 0) is 13.6 Å². The second kappa shape index (κ2) is 5.98. The summed E-state index contributed by atoms with van der Waals surface area (Å²) in [5.41, 5.74) is 1.04. The van der Waals surface area contributed by atoms with Gasteiger partial charge in [0.2, 0.25) is 0 Å². The first-order valence-corrected chi connectivity index (χ1v) is 8.51. The Kier molecular flexibility index (Phi) is 3.75. The number of oxazole rings is 1. The van der Waals surface area contributed by atoms with Crippen LogP contribution in [0.2, 0.25) is 0 Å². The molecule has 4 aromatic rings. The monoisotopic (exact) mass is 353 g/mol. The van der Waals surface area contributed by atoms with Crippen LogP contribution >= 0.6 is 0 Å². The first kappa shape index (κ1) is 16.3. The maximum Gasteiger partial charge on any atom is 0.329 e. The third-order valence-corrected chi connectivity index (χ3v) is 4.42. The molecule has 0 aliphatic rings. The molecule has 0 unspecified atom stereocenters. The first-order chi connectivity index (χ1) is 12.5. The molecule has 134 valence electrons. The van der Waals surface area contributed by atoms with Crippen LogP contribution in [0.5, 0.6) is 0 Å². The minimum Gasteiger partial charge on any atom is -0.434 e. The number of aryl methyl sites for hydroxylation is 1. The van der Waals surface area contributed by atoms with E-state index >= 15 is 0 Å². The van der Waals surface area contributed by atoms with Gasteiger partial charge in [-0.1, -0.05) is 26.0 Å². The number of para-hydroxylation sites is 2. The number of benzene rings is 1. The second-order valence-electron chi connectivity index (χ2n) is 6.75. The van der Waals surface area contributed by atoms with E-state index in [1.165, 1.54) is 7.05 Å². The number of aromatic amines is 1. The molecule has 8 nitrogen and oxygen atoms in total. The molecule has 26 heavy (non-hydrogen) atoms. The van der Waals surface area contributed by atoms with Gasteiger partial charge in [-0.2, -0.15) is 0 Å². The molecule has 4 rings (SSSR count). The predicted molar refractivity (Wildman–Crippen MR) is 98.1 cm³/mol. The van der Waals surface area contributed by atoms with E-state index < -0.39 is 11.2 Å². The van der Waals surface area contributed by atoms with Crippen LogP contribution in [0.15, 0.2) is 38.3 Å². The van der Waals surface area contributed by atoms with Crippen LogP contribution in [0.1, 0.15) is 20.3 Å². The molecule has 1 aromatic carbocycles. The fraction of sp³-hybridized carbons (Fsp3) is 0.333. The van der Waals surface area contributed by atoms with Gasteiger partial charge in [0.1, 0.15) is 11.2 Å². The summed E-state index contributed by atoms with van der Waals surface area (Å²) < 4.78 is 8.66. The molecule has 0 fully saturated rings. The summed E-state index contributed by atoms with van der Waals surface area (Å²) in [6, 6.07) is 7.42. The van der Waals surface area contributed by atoms with E-state index in [-0.39, 0.29) is 5.52 Å². The number of hydrogen-bond acceptors (Lipinski definition) is 5. The van der Waals surface area contributed by atoms with Crippen molar-refractivity contribution in [2.75, 3.05) is 0 Å². The van der Waals surface area contributed by atoms with Crippen LogP contribution in [-0.4, -0.2) is 24.1 Å². The largest absolute Gasteiger partial charge is 0.434 e. The zero-order chi connectivity index (χ0) is 18.4. The van der Waals surface area contributed by atoms with Gasteiger partial charge < -0.3 is 8.98 Å². The summed E-state index contributed by atoms with van der Waals surface area (Å²) >= 11 is 0. The summed E-state index contributed by atoms with van der Waals surface area (Å²) in [6.45, 7) is 4.81. The zero-order valence-electron chi connectivity index (χ0n) is 14.8. The fourth-order valence-corrected chi connectivity index (χ4v) is 2.90. The van der Waals surface area contributed by atoms with Crippen molar-refractivity contribution in [1.82, 2.24) is 24.1 Å². The van der Waals surface area contributed by atoms with Crippen molar-refractivity contribution in [1.29, 1.82) is 0 Å². The van der Waals surface area contributed by atoms with Crippen molar-refractivity contribution in [3.63, 3.8) is 0 Å². The van der Waals surface area contributed by atoms with Crippen LogP contribution in [0, 0.1) is 5.92 Å². The fourth-order valence-electron chi connectivity index (χ4n) is 2.90. The van der Waals surface area contributed by atoms with Gasteiger partial charge in [0.15, 0.2) is 16.9 Å². The number of aromatic nitrogens is 5. The highest BCUT2D eigenvalue weighted by molar-refractivity contribution is 5.78. The van der Waals surface area contributed by atoms with Gasteiger partial charge in [0.05, 0.1) is 0 Å². The van der Waals surface area contributed by atoms with Gasteiger partial charge in [-0.15, -0.1) is 0 Å². The molecule has 0 aliphatic carbocycles. The van der Waals surface area contributed by atoms with Crippen molar-refractivity contribution in [3.8, 4) is 11.7 Å². The third-order valence-electron chi connectivity index (χ3n) is 4.42. The van der Waals surface area contributed by atoms with E-state index in [1.807, 2.05) is 28.8 Å². The molecule has 0 saturated carbocycles. The van der Waals surface area contributed by atoms with Gasteiger partial charge in [-0.25, -0.2) is 14.8 Å². The first-order valence-electron chi connectivity index (χ1n) is 8.51. The molecule has 0 amide bonds. The van der Waals surface area contributed by atoms with Gasteiger partial charge in [-0.3, -0.25) is 14.3 Å². The molecule has 8 heteroatoms. The normalized spacial score (nSPS) is 11.8. The highest BCUT2D eigenvalue weighted by Gasteiger charge is 2.21. The lowest BCUT2D eigenvalue weighted by Crippen LogP contribution is -2.32. The standard InChI is InChI=1S/C18H19N5O3/c1-10(2)8-9-23-14-13(17(24)22(3)18(25)21-14)20-15(23)16-19-11-6-4-5-7-12(11)26-16/h4-7,10H,8-9H2,1-3H3,(H,21,25). The highest BCUT2D eigenvalue weighted by Crippen LogP contribution is 2.26. The molecule has 0 atom stereocenters. The summed E-state index contributed by atoms with van der Waals surface area (Å²) in [5, 5.41) is 0. The van der Waals surface area contributed by atoms with Gasteiger partial charge in [0, 0.05) is 13.6 Å². The number of hydrogen-bond donors (Lipinski definition) is 1. The van der Waals surface area contributed by atoms with Crippen LogP contribution < -0.4 is 11.2 Å². The number of rotatable bonds is 4. The smallest absolute Gasteiger partial charge is 0.329 e. The molecular formula is C18H19N5O3. The quantitative estimate of drug-likeness (QED) is 0.607. The predicted octanol–water partition coefficient (Wildman–Crippen LogP) is 2.28. The molecule has 3 heterocycles. The lowest BCUT2D eigenvalue weighted by atomic mass is 10.1. The van der Waals surface area contributed by atoms with Crippen LogP contribution in [0.25, 0.3) is 34.0 Å². The molecule has 0 saturated heterocycles. The van der Waals surface area contributed by atoms with E-state index in [9.17, 15) is 9.59 Å². The van der Waals surface area contributed by atoms with Gasteiger partial charge in [-0.05, 0) is 24.5 Å². The Balaban J connectivity index is 2.00. The van der Waals surface area contributed by atoms with Crippen molar-refractivity contribution in [2.24, 2.45) is 13.0 Å². The van der Waals surface area contributed by atoms with E-state index in [4.69, 9.17) is 4.42 Å². The maximum absolute atomic E-state index is 12.5. The Morgan fingerprint density at radius 2 is 1.96 bits per heavy atom. The molecule has 1 N–H and O–H groups in total. The van der Waals surface area contributed by atoms with E-state index in [1.54, 1.807) is 0 Å². The number of H-pyrrole nitrogens is 1. The van der Waals surface area contributed by atoms with Crippen LogP contribution in [0.3, 0.4) is 0 Å². The molecular weight excluding hydrogens is 334 g/mol. The molecule has 3 aromatic heterocycles. The van der Waals surface area contributed by atoms with Crippen molar-refractivity contribution >= 4 is 22.3 Å². The molecule has 0 radical (unpaired) electrons. The van der Waals surface area contributed by atoms with Gasteiger partial charge >= 0.3 is 5.69 Å². The van der Waals surface area contributed by atoms with Crippen molar-refractivity contribution in [3.05, 3.63) is 45.1 Å². The minimum atomic E-state index is -0.475. The Bertz CT molecular complexity index is 1190. The lowest BCUT2D eigenvalue weighted by molar-refractivity contribution is 0.516. The van der Waals surface area contributed by atoms with Gasteiger partial charge in [0.25, 0.3) is 11.4 Å². The highest BCUT2D eigenvalue weighted by atomic mass is 16.3. The lowest BCUT2D eigenvalue weighted by Gasteiger charge is -2.09. The maximum atomic E-state index is 12.5. The van der Waals surface area contributed by atoms with Crippen LogP contribution in [0.4, 0.5) is 0 Å². The average molecular weight is 353 g/mol. The topological polar surface area (TPSA) is 98.7 Å². The molecule has 0 bridgehead atoms. The van der Waals surface area contributed by atoms with E-state index in [2.05, 4.69) is 28.8 Å². The van der Waals surface area contributed by atoms with Crippen molar-refractivity contribution < 1.29 is 4.42 Å². The number of nitrogens with zero attached hydrogens (tertiary/aromatic N) is 4. The zero-order valence-corrected chi connectivity index (χ0v) is 14.8. The Hall–Kier alpha value is -3.16.